The van der Waals surface area contributed by atoms with Crippen LogP contribution >= 0.6 is 22.9 Å². The van der Waals surface area contributed by atoms with E-state index in [0.29, 0.717) is 23.8 Å². The Hall–Kier alpha value is -3.16. The summed E-state index contributed by atoms with van der Waals surface area (Å²) in [6.45, 7) is 3.01. The molecule has 1 aliphatic rings. The fourth-order valence-corrected chi connectivity index (χ4v) is 4.73. The predicted octanol–water partition coefficient (Wildman–Crippen LogP) is 5.00. The lowest BCUT2D eigenvalue weighted by molar-refractivity contribution is 0.0758. The van der Waals surface area contributed by atoms with E-state index in [9.17, 15) is 4.79 Å². The fourth-order valence-electron chi connectivity index (χ4n) is 3.91. The third kappa shape index (κ3) is 4.26. The number of benzene rings is 2. The van der Waals surface area contributed by atoms with Gasteiger partial charge in [0.1, 0.15) is 5.69 Å². The van der Waals surface area contributed by atoms with Gasteiger partial charge in [-0.2, -0.15) is 5.10 Å². The Kier molecular flexibility index (Phi) is 5.92. The summed E-state index contributed by atoms with van der Waals surface area (Å²) in [5.41, 5.74) is 3.08. The van der Waals surface area contributed by atoms with Crippen molar-refractivity contribution in [1.29, 1.82) is 0 Å². The van der Waals surface area contributed by atoms with Gasteiger partial charge in [-0.05, 0) is 36.8 Å². The van der Waals surface area contributed by atoms with Crippen molar-refractivity contribution >= 4 is 34.0 Å². The zero-order valence-electron chi connectivity index (χ0n) is 17.4. The molecule has 5 rings (SSSR count). The summed E-state index contributed by atoms with van der Waals surface area (Å²) < 4.78 is 1.75. The zero-order chi connectivity index (χ0) is 21.9. The first-order valence-corrected chi connectivity index (χ1v) is 11.8. The van der Waals surface area contributed by atoms with Gasteiger partial charge in [0.05, 0.1) is 11.4 Å². The Balaban J connectivity index is 1.46. The summed E-state index contributed by atoms with van der Waals surface area (Å²) in [6.07, 6.45) is 2.72. The van der Waals surface area contributed by atoms with E-state index in [-0.39, 0.29) is 5.91 Å². The second kappa shape index (κ2) is 9.14. The zero-order valence-corrected chi connectivity index (χ0v) is 19.0. The normalized spacial score (nSPS) is 14.4. The molecule has 162 valence electrons. The number of amides is 1. The van der Waals surface area contributed by atoms with Gasteiger partial charge >= 0.3 is 0 Å². The van der Waals surface area contributed by atoms with Crippen LogP contribution < -0.4 is 4.90 Å². The molecule has 8 heteroatoms. The van der Waals surface area contributed by atoms with Gasteiger partial charge in [0.2, 0.25) is 0 Å². The number of hydrogen-bond donors (Lipinski definition) is 0. The first kappa shape index (κ1) is 20.7. The topological polar surface area (TPSA) is 54.3 Å². The molecule has 32 heavy (non-hydrogen) atoms. The lowest BCUT2D eigenvalue weighted by atomic mass is 10.1. The van der Waals surface area contributed by atoms with Crippen LogP contribution in [0.15, 0.2) is 72.2 Å². The molecular formula is C24H22ClN5OS. The molecule has 0 spiro atoms. The van der Waals surface area contributed by atoms with Crippen LogP contribution in [-0.2, 0) is 0 Å². The predicted molar refractivity (Wildman–Crippen MR) is 129 cm³/mol. The molecule has 0 N–H and O–H groups in total. The van der Waals surface area contributed by atoms with Crippen LogP contribution in [0.25, 0.3) is 16.9 Å². The lowest BCUT2D eigenvalue weighted by Gasteiger charge is -2.22. The summed E-state index contributed by atoms with van der Waals surface area (Å²) in [5.74, 6) is -0.0115. The van der Waals surface area contributed by atoms with Crippen LogP contribution in [-0.4, -0.2) is 51.8 Å². The van der Waals surface area contributed by atoms with Gasteiger partial charge < -0.3 is 9.80 Å². The Morgan fingerprint density at radius 3 is 2.53 bits per heavy atom. The number of rotatable bonds is 4. The Labute approximate surface area is 195 Å². The van der Waals surface area contributed by atoms with Crippen molar-refractivity contribution in [2.75, 3.05) is 31.1 Å². The molecule has 0 radical (unpaired) electrons. The second-order valence-electron chi connectivity index (χ2n) is 7.62. The number of thiazole rings is 1. The minimum absolute atomic E-state index is 0.0115. The van der Waals surface area contributed by atoms with Crippen molar-refractivity contribution in [3.63, 3.8) is 0 Å². The molecule has 2 aromatic heterocycles. The average molecular weight is 464 g/mol. The molecule has 0 unspecified atom stereocenters. The molecule has 0 bridgehead atoms. The largest absolute Gasteiger partial charge is 0.346 e. The molecule has 1 fully saturated rings. The Morgan fingerprint density at radius 2 is 1.78 bits per heavy atom. The van der Waals surface area contributed by atoms with E-state index >= 15 is 0 Å². The number of nitrogens with zero attached hydrogens (tertiary/aromatic N) is 5. The van der Waals surface area contributed by atoms with Crippen LogP contribution in [0.1, 0.15) is 16.9 Å². The van der Waals surface area contributed by atoms with E-state index < -0.39 is 0 Å². The van der Waals surface area contributed by atoms with Gasteiger partial charge in [-0.25, -0.2) is 9.67 Å². The summed E-state index contributed by atoms with van der Waals surface area (Å²) in [5, 5.41) is 8.45. The van der Waals surface area contributed by atoms with Crippen molar-refractivity contribution in [3.05, 3.63) is 83.0 Å². The quantitative estimate of drug-likeness (QED) is 0.427. The highest BCUT2D eigenvalue weighted by Crippen LogP contribution is 2.25. The molecule has 2 aromatic carbocycles. The molecule has 6 nitrogen and oxygen atoms in total. The maximum atomic E-state index is 13.7. The highest BCUT2D eigenvalue weighted by Gasteiger charge is 2.25. The molecule has 3 heterocycles. The van der Waals surface area contributed by atoms with E-state index in [1.165, 1.54) is 0 Å². The standard InChI is InChI=1S/C24H22ClN5OS/c25-19-9-7-18(8-10-19)21-17-22(30(27-21)20-5-2-1-3-6-20)23(31)28-12-4-13-29(15-14-28)24-26-11-16-32-24/h1-3,5-11,16-17H,4,12-15H2. The van der Waals surface area contributed by atoms with Crippen molar-refractivity contribution in [3.8, 4) is 16.9 Å². The summed E-state index contributed by atoms with van der Waals surface area (Å²) in [6, 6.07) is 19.2. The highest BCUT2D eigenvalue weighted by molar-refractivity contribution is 7.13. The number of hydrogen-bond acceptors (Lipinski definition) is 5. The first-order chi connectivity index (χ1) is 15.7. The second-order valence-corrected chi connectivity index (χ2v) is 8.93. The average Bonchev–Trinajstić information content (AvgIpc) is 3.46. The van der Waals surface area contributed by atoms with Crippen LogP contribution in [0, 0.1) is 0 Å². The van der Waals surface area contributed by atoms with Crippen LogP contribution in [0.2, 0.25) is 5.02 Å². The van der Waals surface area contributed by atoms with Gasteiger partial charge in [0.15, 0.2) is 5.13 Å². The van der Waals surface area contributed by atoms with Gasteiger partial charge in [-0.1, -0.05) is 41.9 Å². The number of para-hydroxylation sites is 1. The number of halogens is 1. The third-order valence-corrected chi connectivity index (χ3v) is 6.63. The van der Waals surface area contributed by atoms with Crippen LogP contribution in [0.3, 0.4) is 0 Å². The first-order valence-electron chi connectivity index (χ1n) is 10.5. The van der Waals surface area contributed by atoms with E-state index in [4.69, 9.17) is 16.7 Å². The van der Waals surface area contributed by atoms with Crippen LogP contribution in [0.5, 0.6) is 0 Å². The van der Waals surface area contributed by atoms with Gasteiger partial charge in [-0.15, -0.1) is 11.3 Å². The summed E-state index contributed by atoms with van der Waals surface area (Å²) >= 11 is 7.69. The van der Waals surface area contributed by atoms with Gasteiger partial charge in [0.25, 0.3) is 5.91 Å². The van der Waals surface area contributed by atoms with E-state index in [1.54, 1.807) is 16.0 Å². The molecule has 1 amide bonds. The number of anilines is 1. The van der Waals surface area contributed by atoms with E-state index in [0.717, 1.165) is 41.6 Å². The fraction of sp³-hybridized carbons (Fsp3) is 0.208. The van der Waals surface area contributed by atoms with E-state index in [1.807, 2.05) is 77.1 Å². The maximum Gasteiger partial charge on any atom is 0.272 e. The van der Waals surface area contributed by atoms with Crippen molar-refractivity contribution in [2.45, 2.75) is 6.42 Å². The third-order valence-electron chi connectivity index (χ3n) is 5.54. The number of carbonyl (C=O) groups excluding carboxylic acids is 1. The summed E-state index contributed by atoms with van der Waals surface area (Å²) in [4.78, 5) is 22.3. The van der Waals surface area contributed by atoms with Crippen molar-refractivity contribution in [2.24, 2.45) is 0 Å². The number of aromatic nitrogens is 3. The molecule has 1 aliphatic heterocycles. The van der Waals surface area contributed by atoms with Crippen molar-refractivity contribution < 1.29 is 4.79 Å². The van der Waals surface area contributed by atoms with Crippen molar-refractivity contribution in [1.82, 2.24) is 19.7 Å². The summed E-state index contributed by atoms with van der Waals surface area (Å²) in [7, 11) is 0. The molecule has 4 aromatic rings. The molecule has 0 aliphatic carbocycles. The highest BCUT2D eigenvalue weighted by atomic mass is 35.5. The minimum Gasteiger partial charge on any atom is -0.346 e. The van der Waals surface area contributed by atoms with E-state index in [2.05, 4.69) is 9.88 Å². The molecule has 0 saturated carbocycles. The molecule has 0 atom stereocenters. The maximum absolute atomic E-state index is 13.7. The van der Waals surface area contributed by atoms with Crippen LogP contribution in [0.4, 0.5) is 5.13 Å². The molecular weight excluding hydrogens is 442 g/mol. The molecule has 1 saturated heterocycles. The number of carbonyl (C=O) groups is 1. The lowest BCUT2D eigenvalue weighted by Crippen LogP contribution is -2.36. The minimum atomic E-state index is -0.0115. The van der Waals surface area contributed by atoms with Gasteiger partial charge in [0, 0.05) is 48.3 Å². The smallest absolute Gasteiger partial charge is 0.272 e. The SMILES string of the molecule is O=C(c1cc(-c2ccc(Cl)cc2)nn1-c1ccccc1)N1CCCN(c2nccs2)CC1. The monoisotopic (exact) mass is 463 g/mol. The Morgan fingerprint density at radius 1 is 0.969 bits per heavy atom. The van der Waals surface area contributed by atoms with Gasteiger partial charge in [-0.3, -0.25) is 4.79 Å². The Bertz CT molecular complexity index is 1190.